The molecule has 2 amide bonds. The zero-order chi connectivity index (χ0) is 19.6. The van der Waals surface area contributed by atoms with Gasteiger partial charge in [-0.25, -0.2) is 4.79 Å². The molecule has 0 aromatic heterocycles. The second-order valence-electron chi connectivity index (χ2n) is 6.01. The van der Waals surface area contributed by atoms with Gasteiger partial charge in [-0.3, -0.25) is 9.59 Å². The summed E-state index contributed by atoms with van der Waals surface area (Å²) in [5, 5.41) is 5.02. The molecule has 0 radical (unpaired) electrons. The molecule has 0 bridgehead atoms. The van der Waals surface area contributed by atoms with Crippen molar-refractivity contribution in [3.05, 3.63) is 60.2 Å². The fourth-order valence-corrected chi connectivity index (χ4v) is 2.10. The zero-order valence-electron chi connectivity index (χ0n) is 15.2. The first-order valence-electron chi connectivity index (χ1n) is 8.50. The molecule has 0 aliphatic rings. The van der Waals surface area contributed by atoms with E-state index >= 15 is 0 Å². The van der Waals surface area contributed by atoms with Gasteiger partial charge in [0.05, 0.1) is 12.1 Å². The first-order chi connectivity index (χ1) is 12.9. The van der Waals surface area contributed by atoms with Crippen molar-refractivity contribution >= 4 is 17.8 Å². The minimum absolute atomic E-state index is 0.0129. The Kier molecular flexibility index (Phi) is 7.37. The second kappa shape index (κ2) is 9.96. The van der Waals surface area contributed by atoms with Crippen LogP contribution in [-0.2, 0) is 14.3 Å². The maximum absolute atomic E-state index is 12.0. The van der Waals surface area contributed by atoms with Crippen LogP contribution in [0.1, 0.15) is 24.2 Å². The fraction of sp³-hybridized carbons (Fsp3) is 0.250. The summed E-state index contributed by atoms with van der Waals surface area (Å²) in [7, 11) is 0. The van der Waals surface area contributed by atoms with Crippen LogP contribution in [0.15, 0.2) is 54.6 Å². The fourth-order valence-electron chi connectivity index (χ4n) is 2.10. The monoisotopic (exact) mass is 370 g/mol. The van der Waals surface area contributed by atoms with Gasteiger partial charge in [-0.05, 0) is 50.2 Å². The average Bonchev–Trinajstić information content (AvgIpc) is 2.65. The number of ether oxygens (including phenoxy) is 2. The maximum Gasteiger partial charge on any atom is 0.338 e. The third-order valence-corrected chi connectivity index (χ3v) is 3.30. The number of nitrogens with one attached hydrogen (secondary N) is 2. The van der Waals surface area contributed by atoms with Crippen LogP contribution < -0.4 is 15.4 Å². The lowest BCUT2D eigenvalue weighted by Crippen LogP contribution is -2.41. The third-order valence-electron chi connectivity index (χ3n) is 3.30. The van der Waals surface area contributed by atoms with Crippen molar-refractivity contribution < 1.29 is 23.9 Å². The van der Waals surface area contributed by atoms with Crippen LogP contribution in [0.2, 0.25) is 0 Å². The highest BCUT2D eigenvalue weighted by atomic mass is 16.5. The van der Waals surface area contributed by atoms with Crippen LogP contribution in [0.25, 0.3) is 0 Å². The summed E-state index contributed by atoms with van der Waals surface area (Å²) in [6, 6.07) is 15.6. The van der Waals surface area contributed by atoms with Crippen LogP contribution in [0.3, 0.4) is 0 Å². The SMILES string of the molecule is CC(C)NC(=O)CNC(=O)COC(=O)c1ccc(Oc2ccccc2)cc1. The van der Waals surface area contributed by atoms with Crippen molar-refractivity contribution in [3.63, 3.8) is 0 Å². The van der Waals surface area contributed by atoms with Gasteiger partial charge in [-0.1, -0.05) is 18.2 Å². The maximum atomic E-state index is 12.0. The van der Waals surface area contributed by atoms with E-state index in [2.05, 4.69) is 10.6 Å². The molecule has 2 aromatic rings. The van der Waals surface area contributed by atoms with Gasteiger partial charge >= 0.3 is 5.97 Å². The van der Waals surface area contributed by atoms with E-state index in [1.807, 2.05) is 44.2 Å². The van der Waals surface area contributed by atoms with E-state index in [1.165, 1.54) is 0 Å². The molecule has 2 N–H and O–H groups in total. The Labute approximate surface area is 157 Å². The summed E-state index contributed by atoms with van der Waals surface area (Å²) in [6.45, 7) is 3.01. The molecule has 0 aliphatic heterocycles. The van der Waals surface area contributed by atoms with Gasteiger partial charge in [0.1, 0.15) is 11.5 Å². The van der Waals surface area contributed by atoms with Gasteiger partial charge in [0.25, 0.3) is 5.91 Å². The predicted octanol–water partition coefficient (Wildman–Crippen LogP) is 2.28. The number of rotatable bonds is 8. The van der Waals surface area contributed by atoms with Crippen molar-refractivity contribution in [2.24, 2.45) is 0 Å². The highest BCUT2D eigenvalue weighted by molar-refractivity contribution is 5.92. The molecule has 0 unspecified atom stereocenters. The number of carbonyl (C=O) groups is 3. The van der Waals surface area contributed by atoms with Crippen LogP contribution in [-0.4, -0.2) is 37.0 Å². The minimum Gasteiger partial charge on any atom is -0.457 e. The van der Waals surface area contributed by atoms with Gasteiger partial charge in [0, 0.05) is 6.04 Å². The van der Waals surface area contributed by atoms with Gasteiger partial charge in [-0.2, -0.15) is 0 Å². The summed E-state index contributed by atoms with van der Waals surface area (Å²) < 4.78 is 10.6. The summed E-state index contributed by atoms with van der Waals surface area (Å²) in [5.41, 5.74) is 0.292. The Morgan fingerprint density at radius 2 is 1.52 bits per heavy atom. The van der Waals surface area contributed by atoms with Gasteiger partial charge in [-0.15, -0.1) is 0 Å². The molecule has 0 aliphatic carbocycles. The van der Waals surface area contributed by atoms with E-state index < -0.39 is 18.5 Å². The lowest BCUT2D eigenvalue weighted by Gasteiger charge is -2.10. The first kappa shape index (κ1) is 20.0. The number of para-hydroxylation sites is 1. The van der Waals surface area contributed by atoms with E-state index in [4.69, 9.17) is 9.47 Å². The normalized spacial score (nSPS) is 10.2. The van der Waals surface area contributed by atoms with E-state index in [1.54, 1.807) is 24.3 Å². The lowest BCUT2D eigenvalue weighted by molar-refractivity contribution is -0.128. The van der Waals surface area contributed by atoms with Crippen molar-refractivity contribution in [1.82, 2.24) is 10.6 Å². The predicted molar refractivity (Wildman–Crippen MR) is 99.5 cm³/mol. The van der Waals surface area contributed by atoms with Gasteiger partial charge < -0.3 is 20.1 Å². The highest BCUT2D eigenvalue weighted by Gasteiger charge is 2.12. The first-order valence-corrected chi connectivity index (χ1v) is 8.50. The van der Waals surface area contributed by atoms with Crippen LogP contribution in [0.4, 0.5) is 0 Å². The molecule has 0 saturated heterocycles. The van der Waals surface area contributed by atoms with Crippen LogP contribution in [0, 0.1) is 0 Å². The molecule has 0 heterocycles. The smallest absolute Gasteiger partial charge is 0.338 e. The number of carbonyl (C=O) groups excluding carboxylic acids is 3. The standard InChI is InChI=1S/C20H22N2O5/c1-14(2)22-18(23)12-21-19(24)13-26-20(25)15-8-10-17(11-9-15)27-16-6-4-3-5-7-16/h3-11,14H,12-13H2,1-2H3,(H,21,24)(H,22,23). The average molecular weight is 370 g/mol. The van der Waals surface area contributed by atoms with E-state index in [9.17, 15) is 14.4 Å². The van der Waals surface area contributed by atoms with E-state index in [0.29, 0.717) is 17.1 Å². The number of benzene rings is 2. The zero-order valence-corrected chi connectivity index (χ0v) is 15.2. The van der Waals surface area contributed by atoms with E-state index in [-0.39, 0.29) is 18.5 Å². The van der Waals surface area contributed by atoms with Gasteiger partial charge in [0.2, 0.25) is 5.91 Å². The lowest BCUT2D eigenvalue weighted by atomic mass is 10.2. The molecule has 0 spiro atoms. The minimum atomic E-state index is -0.636. The van der Waals surface area contributed by atoms with Crippen molar-refractivity contribution in [1.29, 1.82) is 0 Å². The number of esters is 1. The summed E-state index contributed by atoms with van der Waals surface area (Å²) >= 11 is 0. The van der Waals surface area contributed by atoms with Crippen LogP contribution in [0.5, 0.6) is 11.5 Å². The third kappa shape index (κ3) is 7.19. The largest absolute Gasteiger partial charge is 0.457 e. The highest BCUT2D eigenvalue weighted by Crippen LogP contribution is 2.21. The molecule has 7 heteroatoms. The summed E-state index contributed by atoms with van der Waals surface area (Å²) in [5.74, 6) is -0.231. The Balaban J connectivity index is 1.77. The molecule has 27 heavy (non-hydrogen) atoms. The molecule has 7 nitrogen and oxygen atoms in total. The van der Waals surface area contributed by atoms with Crippen molar-refractivity contribution in [2.45, 2.75) is 19.9 Å². The van der Waals surface area contributed by atoms with Crippen molar-refractivity contribution in [2.75, 3.05) is 13.2 Å². The molecule has 142 valence electrons. The number of hydrogen-bond donors (Lipinski definition) is 2. The van der Waals surface area contributed by atoms with Gasteiger partial charge in [0.15, 0.2) is 6.61 Å². The summed E-state index contributed by atoms with van der Waals surface area (Å²) in [4.78, 5) is 35.1. The topological polar surface area (TPSA) is 93.7 Å². The second-order valence-corrected chi connectivity index (χ2v) is 6.01. The van der Waals surface area contributed by atoms with E-state index in [0.717, 1.165) is 0 Å². The Morgan fingerprint density at radius 1 is 0.889 bits per heavy atom. The molecule has 2 aromatic carbocycles. The Bertz CT molecular complexity index is 773. The van der Waals surface area contributed by atoms with Crippen LogP contribution >= 0.6 is 0 Å². The molecular formula is C20H22N2O5. The van der Waals surface area contributed by atoms with Crippen molar-refractivity contribution in [3.8, 4) is 11.5 Å². The molecular weight excluding hydrogens is 348 g/mol. The Morgan fingerprint density at radius 3 is 2.15 bits per heavy atom. The molecule has 2 rings (SSSR count). The Hall–Kier alpha value is -3.35. The molecule has 0 fully saturated rings. The number of hydrogen-bond acceptors (Lipinski definition) is 5. The number of amides is 2. The summed E-state index contributed by atoms with van der Waals surface area (Å²) in [6.07, 6.45) is 0. The molecule has 0 saturated carbocycles. The quantitative estimate of drug-likeness (QED) is 0.696. The molecule has 0 atom stereocenters.